The van der Waals surface area contributed by atoms with Crippen LogP contribution in [-0.4, -0.2) is 21.8 Å². The van der Waals surface area contributed by atoms with Crippen molar-refractivity contribution in [1.29, 1.82) is 0 Å². The van der Waals surface area contributed by atoms with Crippen LogP contribution in [0, 0.1) is 0 Å². The lowest BCUT2D eigenvalue weighted by molar-refractivity contribution is -0.118. The maximum absolute atomic E-state index is 11.2. The molecule has 0 saturated carbocycles. The molecular formula is C9H9NO3. The standard InChI is InChI=1S/C9H9NO3/c1-4-7(11)3-5-2-6(9(12)13)10-8(4)5/h2,4,10H,3H2,1H3,(H,12,13)/t4-/m1/s1. The van der Waals surface area contributed by atoms with Crippen LogP contribution >= 0.6 is 0 Å². The van der Waals surface area contributed by atoms with Crippen LogP contribution in [0.2, 0.25) is 0 Å². The summed E-state index contributed by atoms with van der Waals surface area (Å²) >= 11 is 0. The molecular weight excluding hydrogens is 170 g/mol. The molecule has 4 heteroatoms. The second-order valence-electron chi connectivity index (χ2n) is 3.29. The Bertz CT molecular complexity index is 392. The van der Waals surface area contributed by atoms with Crippen molar-refractivity contribution >= 4 is 11.8 Å². The van der Waals surface area contributed by atoms with E-state index in [9.17, 15) is 9.59 Å². The zero-order chi connectivity index (χ0) is 9.59. The molecule has 2 N–H and O–H groups in total. The van der Waals surface area contributed by atoms with Gasteiger partial charge in [0.1, 0.15) is 11.5 Å². The Morgan fingerprint density at radius 1 is 1.69 bits per heavy atom. The minimum absolute atomic E-state index is 0.151. The monoisotopic (exact) mass is 179 g/mol. The van der Waals surface area contributed by atoms with Gasteiger partial charge in [0.15, 0.2) is 0 Å². The van der Waals surface area contributed by atoms with Crippen molar-refractivity contribution in [3.63, 3.8) is 0 Å². The Morgan fingerprint density at radius 2 is 2.38 bits per heavy atom. The molecule has 4 nitrogen and oxygen atoms in total. The molecule has 0 fully saturated rings. The number of H-pyrrole nitrogens is 1. The summed E-state index contributed by atoms with van der Waals surface area (Å²) in [6.07, 6.45) is 0.361. The van der Waals surface area contributed by atoms with E-state index in [1.165, 1.54) is 0 Å². The molecule has 13 heavy (non-hydrogen) atoms. The quantitative estimate of drug-likeness (QED) is 0.674. The summed E-state index contributed by atoms with van der Waals surface area (Å²) in [6.45, 7) is 1.79. The number of nitrogens with one attached hydrogen (secondary N) is 1. The van der Waals surface area contributed by atoms with Crippen molar-refractivity contribution in [3.05, 3.63) is 23.0 Å². The minimum atomic E-state index is -0.978. The van der Waals surface area contributed by atoms with Gasteiger partial charge in [-0.15, -0.1) is 0 Å². The first-order chi connectivity index (χ1) is 6.09. The molecule has 1 aromatic rings. The van der Waals surface area contributed by atoms with Crippen LogP contribution in [0.3, 0.4) is 0 Å². The topological polar surface area (TPSA) is 70.2 Å². The second-order valence-corrected chi connectivity index (χ2v) is 3.29. The summed E-state index contributed by atoms with van der Waals surface area (Å²) in [5, 5.41) is 8.68. The molecule has 1 atom stereocenters. The smallest absolute Gasteiger partial charge is 0.352 e. The van der Waals surface area contributed by atoms with Gasteiger partial charge >= 0.3 is 5.97 Å². The first kappa shape index (κ1) is 8.04. The molecule has 1 aromatic heterocycles. The molecule has 0 aliphatic heterocycles. The number of rotatable bonds is 1. The number of aromatic amines is 1. The van der Waals surface area contributed by atoms with E-state index in [1.807, 2.05) is 0 Å². The highest BCUT2D eigenvalue weighted by Crippen LogP contribution is 2.29. The first-order valence-corrected chi connectivity index (χ1v) is 4.07. The molecule has 0 amide bonds. The van der Waals surface area contributed by atoms with Crippen molar-refractivity contribution in [3.8, 4) is 0 Å². The Morgan fingerprint density at radius 3 is 2.92 bits per heavy atom. The van der Waals surface area contributed by atoms with Crippen LogP contribution in [0.4, 0.5) is 0 Å². The maximum atomic E-state index is 11.2. The summed E-state index contributed by atoms with van der Waals surface area (Å²) < 4.78 is 0. The molecule has 0 radical (unpaired) electrons. The average molecular weight is 179 g/mol. The number of hydrogen-bond acceptors (Lipinski definition) is 2. The van der Waals surface area contributed by atoms with E-state index >= 15 is 0 Å². The number of carbonyl (C=O) groups is 2. The Hall–Kier alpha value is -1.58. The van der Waals surface area contributed by atoms with Crippen molar-refractivity contribution in [2.75, 3.05) is 0 Å². The zero-order valence-corrected chi connectivity index (χ0v) is 7.13. The molecule has 0 unspecified atom stereocenters. The number of hydrogen-bond donors (Lipinski definition) is 2. The van der Waals surface area contributed by atoms with Gasteiger partial charge < -0.3 is 10.1 Å². The SMILES string of the molecule is C[C@@H]1C(=O)Cc2cc(C(=O)O)[nH]c21. The van der Waals surface area contributed by atoms with Crippen LogP contribution in [0.25, 0.3) is 0 Å². The molecule has 1 heterocycles. The fourth-order valence-electron chi connectivity index (χ4n) is 1.66. The molecule has 0 spiro atoms. The zero-order valence-electron chi connectivity index (χ0n) is 7.13. The fraction of sp³-hybridized carbons (Fsp3) is 0.333. The lowest BCUT2D eigenvalue weighted by Gasteiger charge is -1.98. The van der Waals surface area contributed by atoms with E-state index in [-0.39, 0.29) is 17.4 Å². The van der Waals surface area contributed by atoms with Gasteiger partial charge in [-0.3, -0.25) is 4.79 Å². The molecule has 1 aliphatic rings. The number of carboxylic acids is 1. The number of Topliss-reactive ketones (excluding diaryl/α,β-unsaturated/α-hetero) is 1. The normalized spacial score (nSPS) is 20.4. The Balaban J connectivity index is 2.45. The second kappa shape index (κ2) is 2.45. The Kier molecular flexibility index (Phi) is 1.52. The van der Waals surface area contributed by atoms with Crippen molar-refractivity contribution < 1.29 is 14.7 Å². The molecule has 68 valence electrons. The van der Waals surface area contributed by atoms with Gasteiger partial charge in [-0.1, -0.05) is 0 Å². The summed E-state index contributed by atoms with van der Waals surface area (Å²) in [5.74, 6) is -1.00. The average Bonchev–Trinajstić information content (AvgIpc) is 2.55. The van der Waals surface area contributed by atoms with E-state index in [0.717, 1.165) is 11.3 Å². The highest BCUT2D eigenvalue weighted by Gasteiger charge is 2.29. The van der Waals surface area contributed by atoms with Crippen molar-refractivity contribution in [1.82, 2.24) is 4.98 Å². The van der Waals surface area contributed by atoms with E-state index < -0.39 is 5.97 Å². The largest absolute Gasteiger partial charge is 0.477 e. The van der Waals surface area contributed by atoms with Crippen LogP contribution in [0.1, 0.15) is 34.6 Å². The van der Waals surface area contributed by atoms with Crippen LogP contribution in [0.15, 0.2) is 6.07 Å². The molecule has 1 aliphatic carbocycles. The van der Waals surface area contributed by atoms with Crippen molar-refractivity contribution in [2.24, 2.45) is 0 Å². The van der Waals surface area contributed by atoms with Gasteiger partial charge in [0.25, 0.3) is 0 Å². The van der Waals surface area contributed by atoms with E-state index in [1.54, 1.807) is 13.0 Å². The molecule has 0 bridgehead atoms. The van der Waals surface area contributed by atoms with Crippen molar-refractivity contribution in [2.45, 2.75) is 19.3 Å². The molecule has 0 aromatic carbocycles. The van der Waals surface area contributed by atoms with E-state index in [0.29, 0.717) is 6.42 Å². The first-order valence-electron chi connectivity index (χ1n) is 4.07. The third kappa shape index (κ3) is 1.06. The predicted octanol–water partition coefficient (Wildman–Crippen LogP) is 0.942. The number of ketones is 1. The molecule has 0 saturated heterocycles. The van der Waals surface area contributed by atoms with Gasteiger partial charge in [-0.05, 0) is 18.6 Å². The van der Waals surface area contributed by atoms with Crippen LogP contribution < -0.4 is 0 Å². The number of fused-ring (bicyclic) bond motifs is 1. The number of aromatic nitrogens is 1. The fourth-order valence-corrected chi connectivity index (χ4v) is 1.66. The van der Waals surface area contributed by atoms with Gasteiger partial charge in [-0.25, -0.2) is 4.79 Å². The summed E-state index contributed by atoms with van der Waals surface area (Å²) in [4.78, 5) is 24.5. The highest BCUT2D eigenvalue weighted by atomic mass is 16.4. The molecule has 2 rings (SSSR count). The maximum Gasteiger partial charge on any atom is 0.352 e. The number of carbonyl (C=O) groups excluding carboxylic acids is 1. The number of aromatic carboxylic acids is 1. The minimum Gasteiger partial charge on any atom is -0.477 e. The van der Waals surface area contributed by atoms with Crippen LogP contribution in [-0.2, 0) is 11.2 Å². The lowest BCUT2D eigenvalue weighted by Crippen LogP contribution is -2.04. The predicted molar refractivity (Wildman–Crippen MR) is 44.9 cm³/mol. The summed E-state index contributed by atoms with van der Waals surface area (Å²) in [7, 11) is 0. The highest BCUT2D eigenvalue weighted by molar-refractivity contribution is 5.94. The van der Waals surface area contributed by atoms with Gasteiger partial charge in [0.2, 0.25) is 0 Å². The van der Waals surface area contributed by atoms with Gasteiger partial charge in [0.05, 0.1) is 5.92 Å². The Labute approximate surface area is 74.6 Å². The third-order valence-electron chi connectivity index (χ3n) is 2.44. The number of carboxylic acid groups (broad SMARTS) is 1. The van der Waals surface area contributed by atoms with Gasteiger partial charge in [-0.2, -0.15) is 0 Å². The van der Waals surface area contributed by atoms with E-state index in [4.69, 9.17) is 5.11 Å². The summed E-state index contributed by atoms with van der Waals surface area (Å²) in [6, 6.07) is 1.54. The van der Waals surface area contributed by atoms with E-state index in [2.05, 4.69) is 4.98 Å². The lowest BCUT2D eigenvalue weighted by atomic mass is 10.1. The van der Waals surface area contributed by atoms with Gasteiger partial charge in [0, 0.05) is 12.1 Å². The van der Waals surface area contributed by atoms with Crippen LogP contribution in [0.5, 0.6) is 0 Å². The summed E-state index contributed by atoms with van der Waals surface area (Å²) in [5.41, 5.74) is 1.77. The third-order valence-corrected chi connectivity index (χ3v) is 2.44.